The van der Waals surface area contributed by atoms with Crippen LogP contribution >= 0.6 is 0 Å². The van der Waals surface area contributed by atoms with Crippen molar-refractivity contribution in [1.29, 1.82) is 0 Å². The van der Waals surface area contributed by atoms with Gasteiger partial charge in [0.15, 0.2) is 0 Å². The number of imide groups is 1. The molecule has 2 aliphatic rings. The van der Waals surface area contributed by atoms with Crippen LogP contribution in [0.5, 0.6) is 0 Å². The third kappa shape index (κ3) is 6.55. The molecule has 0 saturated carbocycles. The highest BCUT2D eigenvalue weighted by Crippen LogP contribution is 2.22. The summed E-state index contributed by atoms with van der Waals surface area (Å²) in [5.74, 6) is -1.04. The quantitative estimate of drug-likeness (QED) is 0.582. The standard InChI is InChI=1S/C24H32N4O6/c1-24(2,3)34-23(33)25-12-8-20(30)27-13-9-16(10-14-27)26-19(29)11-15-28-21(31)17-6-4-5-7-18(17)22(28)32/h4-7,16H,8-15H2,1-3H3,(H,25,33)(H,26,29). The zero-order valence-electron chi connectivity index (χ0n) is 19.9. The highest BCUT2D eigenvalue weighted by Gasteiger charge is 2.35. The first-order valence-corrected chi connectivity index (χ1v) is 11.5. The fraction of sp³-hybridized carbons (Fsp3) is 0.542. The fourth-order valence-corrected chi connectivity index (χ4v) is 3.97. The van der Waals surface area contributed by atoms with Gasteiger partial charge in [-0.05, 0) is 45.7 Å². The number of fused-ring (bicyclic) bond motifs is 1. The van der Waals surface area contributed by atoms with Gasteiger partial charge in [0.05, 0.1) is 11.1 Å². The highest BCUT2D eigenvalue weighted by molar-refractivity contribution is 6.21. The van der Waals surface area contributed by atoms with E-state index in [1.54, 1.807) is 49.9 Å². The molecule has 2 heterocycles. The molecule has 10 heteroatoms. The van der Waals surface area contributed by atoms with Crippen LogP contribution in [0.3, 0.4) is 0 Å². The molecular formula is C24H32N4O6. The molecule has 2 N–H and O–H groups in total. The number of carbonyl (C=O) groups is 5. The van der Waals surface area contributed by atoms with Crippen LogP contribution in [0.4, 0.5) is 4.79 Å². The maximum absolute atomic E-state index is 12.4. The molecule has 3 rings (SSSR count). The second kappa shape index (κ2) is 10.7. The van der Waals surface area contributed by atoms with Gasteiger partial charge in [-0.25, -0.2) is 4.79 Å². The van der Waals surface area contributed by atoms with Crippen molar-refractivity contribution in [2.45, 2.75) is 58.1 Å². The van der Waals surface area contributed by atoms with Gasteiger partial charge in [-0.15, -0.1) is 0 Å². The number of carbonyl (C=O) groups excluding carboxylic acids is 5. The Morgan fingerprint density at radius 3 is 2.15 bits per heavy atom. The van der Waals surface area contributed by atoms with Crippen molar-refractivity contribution in [3.8, 4) is 0 Å². The van der Waals surface area contributed by atoms with Gasteiger partial charge in [0.2, 0.25) is 11.8 Å². The van der Waals surface area contributed by atoms with E-state index in [1.165, 1.54) is 0 Å². The summed E-state index contributed by atoms with van der Waals surface area (Å²) >= 11 is 0. The molecule has 184 valence electrons. The fourth-order valence-electron chi connectivity index (χ4n) is 3.97. The zero-order valence-corrected chi connectivity index (χ0v) is 19.9. The highest BCUT2D eigenvalue weighted by atomic mass is 16.6. The van der Waals surface area contributed by atoms with E-state index in [1.807, 2.05) is 0 Å². The van der Waals surface area contributed by atoms with E-state index in [0.29, 0.717) is 37.1 Å². The Kier molecular flexibility index (Phi) is 7.90. The van der Waals surface area contributed by atoms with Gasteiger partial charge >= 0.3 is 6.09 Å². The van der Waals surface area contributed by atoms with E-state index in [9.17, 15) is 24.0 Å². The summed E-state index contributed by atoms with van der Waals surface area (Å²) in [5.41, 5.74) is 0.141. The van der Waals surface area contributed by atoms with E-state index < -0.39 is 11.7 Å². The molecular weight excluding hydrogens is 440 g/mol. The number of nitrogens with zero attached hydrogens (tertiary/aromatic N) is 2. The molecule has 1 fully saturated rings. The average Bonchev–Trinajstić information content (AvgIpc) is 3.01. The number of hydrogen-bond acceptors (Lipinski definition) is 6. The number of ether oxygens (including phenoxy) is 1. The summed E-state index contributed by atoms with van der Waals surface area (Å²) in [6.45, 7) is 6.55. The number of rotatable bonds is 7. The van der Waals surface area contributed by atoms with Gasteiger partial charge in [-0.1, -0.05) is 12.1 Å². The molecule has 2 aliphatic heterocycles. The van der Waals surface area contributed by atoms with Gasteiger partial charge < -0.3 is 20.3 Å². The number of likely N-dealkylation sites (tertiary alicyclic amines) is 1. The number of piperidine rings is 1. The predicted molar refractivity (Wildman–Crippen MR) is 123 cm³/mol. The maximum atomic E-state index is 12.4. The van der Waals surface area contributed by atoms with Crippen molar-refractivity contribution in [1.82, 2.24) is 20.4 Å². The zero-order chi connectivity index (χ0) is 24.9. The Morgan fingerprint density at radius 2 is 1.59 bits per heavy atom. The molecule has 0 radical (unpaired) electrons. The van der Waals surface area contributed by atoms with Crippen LogP contribution in [-0.2, 0) is 14.3 Å². The molecule has 0 unspecified atom stereocenters. The molecule has 1 aromatic rings. The summed E-state index contributed by atoms with van der Waals surface area (Å²) in [7, 11) is 0. The van der Waals surface area contributed by atoms with E-state index in [0.717, 1.165) is 4.90 Å². The predicted octanol–water partition coefficient (Wildman–Crippen LogP) is 1.69. The van der Waals surface area contributed by atoms with Crippen molar-refractivity contribution in [3.63, 3.8) is 0 Å². The first kappa shape index (κ1) is 25.2. The van der Waals surface area contributed by atoms with Gasteiger partial charge in [0, 0.05) is 45.1 Å². The van der Waals surface area contributed by atoms with Gasteiger partial charge in [-0.3, -0.25) is 24.1 Å². The molecule has 0 bridgehead atoms. The van der Waals surface area contributed by atoms with Crippen LogP contribution in [0.15, 0.2) is 24.3 Å². The largest absolute Gasteiger partial charge is 0.444 e. The van der Waals surface area contributed by atoms with Gasteiger partial charge in [0.25, 0.3) is 11.8 Å². The molecule has 10 nitrogen and oxygen atoms in total. The smallest absolute Gasteiger partial charge is 0.407 e. The second-order valence-electron chi connectivity index (χ2n) is 9.46. The lowest BCUT2D eigenvalue weighted by atomic mass is 10.0. The van der Waals surface area contributed by atoms with Crippen LogP contribution < -0.4 is 10.6 Å². The molecule has 0 aromatic heterocycles. The Balaban J connectivity index is 1.34. The Labute approximate surface area is 199 Å². The van der Waals surface area contributed by atoms with Crippen LogP contribution in [0.2, 0.25) is 0 Å². The van der Waals surface area contributed by atoms with Crippen LogP contribution in [0, 0.1) is 0 Å². The molecule has 5 amide bonds. The van der Waals surface area contributed by atoms with E-state index in [-0.39, 0.29) is 55.6 Å². The molecule has 0 spiro atoms. The third-order valence-corrected chi connectivity index (χ3v) is 5.66. The van der Waals surface area contributed by atoms with Crippen molar-refractivity contribution in [2.75, 3.05) is 26.2 Å². The number of amides is 5. The summed E-state index contributed by atoms with van der Waals surface area (Å²) in [4.78, 5) is 64.0. The first-order valence-electron chi connectivity index (χ1n) is 11.5. The lowest BCUT2D eigenvalue weighted by molar-refractivity contribution is -0.132. The van der Waals surface area contributed by atoms with Gasteiger partial charge in [-0.2, -0.15) is 0 Å². The molecule has 34 heavy (non-hydrogen) atoms. The lowest BCUT2D eigenvalue weighted by Gasteiger charge is -2.32. The monoisotopic (exact) mass is 472 g/mol. The molecule has 0 aliphatic carbocycles. The minimum atomic E-state index is -0.592. The van der Waals surface area contributed by atoms with Crippen LogP contribution in [0.25, 0.3) is 0 Å². The summed E-state index contributed by atoms with van der Waals surface area (Å²) in [6.07, 6.45) is 0.883. The van der Waals surface area contributed by atoms with E-state index in [2.05, 4.69) is 10.6 Å². The van der Waals surface area contributed by atoms with Crippen molar-refractivity contribution < 1.29 is 28.7 Å². The van der Waals surface area contributed by atoms with Crippen LogP contribution in [0.1, 0.15) is 67.2 Å². The summed E-state index contributed by atoms with van der Waals surface area (Å²) in [6, 6.07) is 6.55. The first-order chi connectivity index (χ1) is 16.0. The van der Waals surface area contributed by atoms with E-state index >= 15 is 0 Å². The Morgan fingerprint density at radius 1 is 1.00 bits per heavy atom. The molecule has 1 aromatic carbocycles. The number of alkyl carbamates (subject to hydrolysis) is 1. The topological polar surface area (TPSA) is 125 Å². The third-order valence-electron chi connectivity index (χ3n) is 5.66. The summed E-state index contributed by atoms with van der Waals surface area (Å²) < 4.78 is 5.14. The molecule has 1 saturated heterocycles. The van der Waals surface area contributed by atoms with Gasteiger partial charge in [0.1, 0.15) is 5.60 Å². The Hall–Kier alpha value is -3.43. The number of benzene rings is 1. The average molecular weight is 473 g/mol. The maximum Gasteiger partial charge on any atom is 0.407 e. The Bertz CT molecular complexity index is 927. The number of hydrogen-bond donors (Lipinski definition) is 2. The van der Waals surface area contributed by atoms with Crippen molar-refractivity contribution in [3.05, 3.63) is 35.4 Å². The van der Waals surface area contributed by atoms with Crippen LogP contribution in [-0.4, -0.2) is 77.3 Å². The number of nitrogens with one attached hydrogen (secondary N) is 2. The SMILES string of the molecule is CC(C)(C)OC(=O)NCCC(=O)N1CCC(NC(=O)CCN2C(=O)c3ccccc3C2=O)CC1. The minimum absolute atomic E-state index is 0.0279. The summed E-state index contributed by atoms with van der Waals surface area (Å²) in [5, 5.41) is 5.51. The van der Waals surface area contributed by atoms with Crippen molar-refractivity contribution >= 4 is 29.7 Å². The normalized spacial score (nSPS) is 16.3. The van der Waals surface area contributed by atoms with E-state index in [4.69, 9.17) is 4.74 Å². The molecule has 0 atom stereocenters. The second-order valence-corrected chi connectivity index (χ2v) is 9.46. The van der Waals surface area contributed by atoms with Crippen molar-refractivity contribution in [2.24, 2.45) is 0 Å². The lowest BCUT2D eigenvalue weighted by Crippen LogP contribution is -2.47. The minimum Gasteiger partial charge on any atom is -0.444 e.